The van der Waals surface area contributed by atoms with Crippen molar-refractivity contribution in [2.24, 2.45) is 0 Å². The van der Waals surface area contributed by atoms with Crippen LogP contribution in [0.4, 0.5) is 5.69 Å². The SMILES string of the molecule is CS(=O)(=O)c1ccccc1Sc1ccc([N+](=O)[O-])cc1C#N. The second-order valence-corrected chi connectivity index (χ2v) is 7.44. The number of nitro groups is 1. The van der Waals surface area contributed by atoms with E-state index < -0.39 is 14.8 Å². The second-order valence-electron chi connectivity index (χ2n) is 4.37. The van der Waals surface area contributed by atoms with Crippen LogP contribution in [0, 0.1) is 21.4 Å². The van der Waals surface area contributed by atoms with E-state index in [2.05, 4.69) is 0 Å². The van der Waals surface area contributed by atoms with Gasteiger partial charge in [-0.05, 0) is 18.2 Å². The van der Waals surface area contributed by atoms with Gasteiger partial charge in [-0.3, -0.25) is 10.1 Å². The van der Waals surface area contributed by atoms with E-state index in [0.29, 0.717) is 9.79 Å². The summed E-state index contributed by atoms with van der Waals surface area (Å²) in [6.45, 7) is 0. The van der Waals surface area contributed by atoms with Gasteiger partial charge in [0.25, 0.3) is 5.69 Å². The molecule has 0 fully saturated rings. The molecule has 8 heteroatoms. The van der Waals surface area contributed by atoms with Crippen LogP contribution < -0.4 is 0 Å². The predicted octanol–water partition coefficient (Wildman–Crippen LogP) is 3.02. The van der Waals surface area contributed by atoms with Gasteiger partial charge in [-0.25, -0.2) is 8.42 Å². The van der Waals surface area contributed by atoms with Crippen molar-refractivity contribution in [1.29, 1.82) is 5.26 Å². The number of non-ortho nitro benzene ring substituents is 1. The number of benzene rings is 2. The number of sulfone groups is 1. The van der Waals surface area contributed by atoms with Gasteiger partial charge in [0.2, 0.25) is 0 Å². The average Bonchev–Trinajstić information content (AvgIpc) is 2.47. The Bertz CT molecular complexity index is 886. The zero-order valence-electron chi connectivity index (χ0n) is 11.4. The molecule has 0 aromatic heterocycles. The second kappa shape index (κ2) is 6.17. The Balaban J connectivity index is 2.49. The minimum atomic E-state index is -3.41. The van der Waals surface area contributed by atoms with Crippen LogP contribution >= 0.6 is 11.8 Å². The Labute approximate surface area is 131 Å². The molecule has 0 aliphatic heterocycles. The molecule has 112 valence electrons. The zero-order chi connectivity index (χ0) is 16.3. The van der Waals surface area contributed by atoms with Crippen molar-refractivity contribution in [3.05, 3.63) is 58.1 Å². The van der Waals surface area contributed by atoms with Gasteiger partial charge in [0, 0.05) is 28.2 Å². The zero-order valence-corrected chi connectivity index (χ0v) is 13.0. The molecule has 0 heterocycles. The van der Waals surface area contributed by atoms with E-state index in [1.54, 1.807) is 18.2 Å². The van der Waals surface area contributed by atoms with Crippen molar-refractivity contribution in [1.82, 2.24) is 0 Å². The van der Waals surface area contributed by atoms with Gasteiger partial charge in [0.1, 0.15) is 6.07 Å². The molecule has 0 spiro atoms. The first kappa shape index (κ1) is 16.0. The predicted molar refractivity (Wildman–Crippen MR) is 81.5 cm³/mol. The molecule has 0 unspecified atom stereocenters. The number of rotatable bonds is 4. The van der Waals surface area contributed by atoms with Gasteiger partial charge < -0.3 is 0 Å². The van der Waals surface area contributed by atoms with Gasteiger partial charge in [-0.15, -0.1) is 0 Å². The largest absolute Gasteiger partial charge is 0.270 e. The van der Waals surface area contributed by atoms with Crippen LogP contribution in [-0.2, 0) is 9.84 Å². The van der Waals surface area contributed by atoms with Crippen molar-refractivity contribution in [2.45, 2.75) is 14.7 Å². The summed E-state index contributed by atoms with van der Waals surface area (Å²) in [7, 11) is -3.41. The molecule has 0 saturated carbocycles. The van der Waals surface area contributed by atoms with Crippen molar-refractivity contribution in [3.8, 4) is 6.07 Å². The van der Waals surface area contributed by atoms with E-state index >= 15 is 0 Å². The first-order chi connectivity index (χ1) is 10.3. The Morgan fingerprint density at radius 2 is 1.86 bits per heavy atom. The highest BCUT2D eigenvalue weighted by molar-refractivity contribution is 8.00. The van der Waals surface area contributed by atoms with Crippen LogP contribution in [0.1, 0.15) is 5.56 Å². The van der Waals surface area contributed by atoms with E-state index in [-0.39, 0.29) is 16.1 Å². The molecule has 6 nitrogen and oxygen atoms in total. The summed E-state index contributed by atoms with van der Waals surface area (Å²) < 4.78 is 23.5. The molecule has 0 aliphatic carbocycles. The van der Waals surface area contributed by atoms with E-state index in [1.807, 2.05) is 6.07 Å². The minimum absolute atomic E-state index is 0.127. The maximum absolute atomic E-state index is 11.8. The quantitative estimate of drug-likeness (QED) is 0.629. The topological polar surface area (TPSA) is 101 Å². The Morgan fingerprint density at radius 3 is 2.45 bits per heavy atom. The Kier molecular flexibility index (Phi) is 4.49. The number of hydrogen-bond acceptors (Lipinski definition) is 6. The first-order valence-corrected chi connectivity index (χ1v) is 8.69. The van der Waals surface area contributed by atoms with Crippen molar-refractivity contribution in [3.63, 3.8) is 0 Å². The van der Waals surface area contributed by atoms with Gasteiger partial charge >= 0.3 is 0 Å². The molecule has 0 aliphatic rings. The highest BCUT2D eigenvalue weighted by Gasteiger charge is 2.16. The van der Waals surface area contributed by atoms with Crippen LogP contribution in [0.5, 0.6) is 0 Å². The summed E-state index contributed by atoms with van der Waals surface area (Å²) in [6, 6.07) is 12.2. The summed E-state index contributed by atoms with van der Waals surface area (Å²) in [5, 5.41) is 19.9. The Morgan fingerprint density at radius 1 is 1.18 bits per heavy atom. The van der Waals surface area contributed by atoms with Gasteiger partial charge in [-0.2, -0.15) is 5.26 Å². The molecular weight excluding hydrogens is 324 g/mol. The number of nitro benzene ring substituents is 1. The molecule has 0 radical (unpaired) electrons. The third kappa shape index (κ3) is 3.44. The summed E-state index contributed by atoms with van der Waals surface area (Å²) >= 11 is 1.09. The van der Waals surface area contributed by atoms with Crippen molar-refractivity contribution < 1.29 is 13.3 Å². The molecule has 0 atom stereocenters. The normalized spacial score (nSPS) is 10.9. The Hall–Kier alpha value is -2.37. The highest BCUT2D eigenvalue weighted by Crippen LogP contribution is 2.35. The number of nitriles is 1. The van der Waals surface area contributed by atoms with Crippen LogP contribution in [0.2, 0.25) is 0 Å². The summed E-state index contributed by atoms with van der Waals surface area (Å²) in [5.74, 6) is 0. The highest BCUT2D eigenvalue weighted by atomic mass is 32.2. The number of nitrogens with zero attached hydrogens (tertiary/aromatic N) is 2. The smallest absolute Gasteiger partial charge is 0.258 e. The molecule has 0 saturated heterocycles. The molecule has 0 N–H and O–H groups in total. The maximum atomic E-state index is 11.8. The van der Waals surface area contributed by atoms with E-state index in [0.717, 1.165) is 18.0 Å². The first-order valence-electron chi connectivity index (χ1n) is 5.98. The van der Waals surface area contributed by atoms with Gasteiger partial charge in [0.05, 0.1) is 15.4 Å². The van der Waals surface area contributed by atoms with Crippen molar-refractivity contribution >= 4 is 27.3 Å². The molecule has 0 bridgehead atoms. The van der Waals surface area contributed by atoms with Gasteiger partial charge in [0.15, 0.2) is 9.84 Å². The third-order valence-corrected chi connectivity index (χ3v) is 5.20. The lowest BCUT2D eigenvalue weighted by molar-refractivity contribution is -0.384. The fourth-order valence-electron chi connectivity index (χ4n) is 1.77. The summed E-state index contributed by atoms with van der Waals surface area (Å²) in [5.41, 5.74) is -0.0557. The number of hydrogen-bond donors (Lipinski definition) is 0. The molecule has 2 rings (SSSR count). The van der Waals surface area contributed by atoms with E-state index in [1.165, 1.54) is 24.3 Å². The van der Waals surface area contributed by atoms with Crippen molar-refractivity contribution in [2.75, 3.05) is 6.26 Å². The lowest BCUT2D eigenvalue weighted by Gasteiger charge is -2.08. The van der Waals surface area contributed by atoms with Crippen LogP contribution in [-0.4, -0.2) is 19.6 Å². The standard InChI is InChI=1S/C14H10N2O4S2/c1-22(19,20)14-5-3-2-4-13(14)21-12-7-6-11(16(17)18)8-10(12)9-15/h2-8H,1H3. The molecule has 0 amide bonds. The molecule has 2 aromatic carbocycles. The van der Waals surface area contributed by atoms with E-state index in [9.17, 15) is 18.5 Å². The fraction of sp³-hybridized carbons (Fsp3) is 0.0714. The maximum Gasteiger partial charge on any atom is 0.270 e. The monoisotopic (exact) mass is 334 g/mol. The minimum Gasteiger partial charge on any atom is -0.258 e. The average molecular weight is 334 g/mol. The summed E-state index contributed by atoms with van der Waals surface area (Å²) in [4.78, 5) is 11.2. The molecular formula is C14H10N2O4S2. The lowest BCUT2D eigenvalue weighted by Crippen LogP contribution is -1.99. The summed E-state index contributed by atoms with van der Waals surface area (Å²) in [6.07, 6.45) is 1.10. The molecule has 22 heavy (non-hydrogen) atoms. The van der Waals surface area contributed by atoms with E-state index in [4.69, 9.17) is 5.26 Å². The fourth-order valence-corrected chi connectivity index (χ4v) is 4.01. The lowest BCUT2D eigenvalue weighted by atomic mass is 10.2. The van der Waals surface area contributed by atoms with Crippen LogP contribution in [0.15, 0.2) is 57.2 Å². The van der Waals surface area contributed by atoms with Crippen LogP contribution in [0.25, 0.3) is 0 Å². The third-order valence-electron chi connectivity index (χ3n) is 2.76. The van der Waals surface area contributed by atoms with Gasteiger partial charge in [-0.1, -0.05) is 23.9 Å². The molecule has 2 aromatic rings. The van der Waals surface area contributed by atoms with Crippen LogP contribution in [0.3, 0.4) is 0 Å².